The SMILES string of the molecule is CCOC(=O)c1cc(N)cnc1N(C)CC(C)(C)O. The van der Waals surface area contributed by atoms with Crippen LogP contribution in [0, 0.1) is 0 Å². The van der Waals surface area contributed by atoms with Crippen LogP contribution < -0.4 is 10.6 Å². The van der Waals surface area contributed by atoms with Crippen LogP contribution in [0.4, 0.5) is 11.5 Å². The van der Waals surface area contributed by atoms with E-state index in [9.17, 15) is 9.90 Å². The Morgan fingerprint density at radius 1 is 1.58 bits per heavy atom. The molecule has 0 saturated carbocycles. The molecule has 0 spiro atoms. The van der Waals surface area contributed by atoms with Gasteiger partial charge in [-0.1, -0.05) is 0 Å². The summed E-state index contributed by atoms with van der Waals surface area (Å²) in [5, 5.41) is 9.83. The summed E-state index contributed by atoms with van der Waals surface area (Å²) in [6.07, 6.45) is 1.47. The van der Waals surface area contributed by atoms with Crippen LogP contribution in [0.5, 0.6) is 0 Å². The molecule has 0 saturated heterocycles. The second-order valence-electron chi connectivity index (χ2n) is 5.03. The number of aromatic nitrogens is 1. The minimum absolute atomic E-state index is 0.280. The molecule has 1 heterocycles. The van der Waals surface area contributed by atoms with Crippen molar-refractivity contribution in [2.24, 2.45) is 0 Å². The second kappa shape index (κ2) is 5.88. The van der Waals surface area contributed by atoms with Crippen molar-refractivity contribution in [3.63, 3.8) is 0 Å². The molecule has 0 atom stereocenters. The zero-order valence-corrected chi connectivity index (χ0v) is 11.8. The molecule has 0 bridgehead atoms. The van der Waals surface area contributed by atoms with Crippen molar-refractivity contribution in [3.8, 4) is 0 Å². The van der Waals surface area contributed by atoms with Gasteiger partial charge < -0.3 is 20.5 Å². The van der Waals surface area contributed by atoms with E-state index in [2.05, 4.69) is 4.98 Å². The average Bonchev–Trinajstić information content (AvgIpc) is 2.26. The van der Waals surface area contributed by atoms with E-state index in [0.717, 1.165) is 0 Å². The lowest BCUT2D eigenvalue weighted by Crippen LogP contribution is -2.37. The van der Waals surface area contributed by atoms with Crippen LogP contribution in [0.1, 0.15) is 31.1 Å². The van der Waals surface area contributed by atoms with E-state index in [0.29, 0.717) is 23.6 Å². The first kappa shape index (κ1) is 15.2. The van der Waals surface area contributed by atoms with Gasteiger partial charge >= 0.3 is 5.97 Å². The number of nitrogens with two attached hydrogens (primary N) is 1. The second-order valence-corrected chi connectivity index (χ2v) is 5.03. The molecule has 0 fully saturated rings. The lowest BCUT2D eigenvalue weighted by atomic mass is 10.1. The van der Waals surface area contributed by atoms with Gasteiger partial charge in [0.15, 0.2) is 0 Å². The van der Waals surface area contributed by atoms with Crippen LogP contribution >= 0.6 is 0 Å². The van der Waals surface area contributed by atoms with Crippen LogP contribution in [0.2, 0.25) is 0 Å². The van der Waals surface area contributed by atoms with Crippen molar-refractivity contribution < 1.29 is 14.6 Å². The first-order valence-corrected chi connectivity index (χ1v) is 6.10. The maximum absolute atomic E-state index is 11.9. The van der Waals surface area contributed by atoms with Crippen LogP contribution in [0.25, 0.3) is 0 Å². The smallest absolute Gasteiger partial charge is 0.341 e. The number of aliphatic hydroxyl groups is 1. The third kappa shape index (κ3) is 4.40. The fraction of sp³-hybridized carbons (Fsp3) is 0.538. The van der Waals surface area contributed by atoms with E-state index < -0.39 is 11.6 Å². The van der Waals surface area contributed by atoms with Gasteiger partial charge in [-0.05, 0) is 26.8 Å². The maximum Gasteiger partial charge on any atom is 0.341 e. The third-order valence-electron chi connectivity index (χ3n) is 2.37. The molecule has 0 radical (unpaired) electrons. The lowest BCUT2D eigenvalue weighted by Gasteiger charge is -2.27. The van der Waals surface area contributed by atoms with Gasteiger partial charge in [-0.3, -0.25) is 0 Å². The lowest BCUT2D eigenvalue weighted by molar-refractivity contribution is 0.0525. The standard InChI is InChI=1S/C13H21N3O3/c1-5-19-12(17)10-6-9(14)7-15-11(10)16(4)8-13(2,3)18/h6-7,18H,5,8,14H2,1-4H3. The number of ether oxygens (including phenoxy) is 1. The molecule has 0 aliphatic heterocycles. The van der Waals surface area contributed by atoms with Crippen LogP contribution in [0.3, 0.4) is 0 Å². The van der Waals surface area contributed by atoms with E-state index in [-0.39, 0.29) is 6.61 Å². The predicted octanol–water partition coefficient (Wildman–Crippen LogP) is 1.05. The predicted molar refractivity (Wildman–Crippen MR) is 74.2 cm³/mol. The molecule has 106 valence electrons. The number of hydrogen-bond acceptors (Lipinski definition) is 6. The summed E-state index contributed by atoms with van der Waals surface area (Å²) in [6, 6.07) is 1.53. The molecular formula is C13H21N3O3. The number of rotatable bonds is 5. The molecule has 0 aromatic carbocycles. The van der Waals surface area contributed by atoms with E-state index in [1.54, 1.807) is 32.7 Å². The molecule has 6 heteroatoms. The maximum atomic E-state index is 11.9. The summed E-state index contributed by atoms with van der Waals surface area (Å²) in [7, 11) is 1.75. The molecule has 3 N–H and O–H groups in total. The van der Waals surface area contributed by atoms with Crippen LogP contribution in [0.15, 0.2) is 12.3 Å². The highest BCUT2D eigenvalue weighted by molar-refractivity contribution is 5.95. The molecule has 19 heavy (non-hydrogen) atoms. The van der Waals surface area contributed by atoms with Gasteiger partial charge in [0.2, 0.25) is 0 Å². The number of likely N-dealkylation sites (N-methyl/N-ethyl adjacent to an activating group) is 1. The molecular weight excluding hydrogens is 246 g/mol. The fourth-order valence-corrected chi connectivity index (χ4v) is 1.79. The van der Waals surface area contributed by atoms with Gasteiger partial charge in [-0.2, -0.15) is 0 Å². The number of carbonyl (C=O) groups is 1. The van der Waals surface area contributed by atoms with Gasteiger partial charge in [0.25, 0.3) is 0 Å². The zero-order chi connectivity index (χ0) is 14.6. The first-order chi connectivity index (χ1) is 8.74. The molecule has 0 amide bonds. The molecule has 1 aromatic rings. The molecule has 6 nitrogen and oxygen atoms in total. The van der Waals surface area contributed by atoms with Crippen LogP contribution in [-0.4, -0.2) is 41.9 Å². The summed E-state index contributed by atoms with van der Waals surface area (Å²) in [6.45, 7) is 5.71. The topological polar surface area (TPSA) is 88.7 Å². The Kier molecular flexibility index (Phi) is 4.72. The highest BCUT2D eigenvalue weighted by Crippen LogP contribution is 2.21. The van der Waals surface area contributed by atoms with E-state index in [4.69, 9.17) is 10.5 Å². The Labute approximate surface area is 113 Å². The van der Waals surface area contributed by atoms with Crippen molar-refractivity contribution in [1.82, 2.24) is 4.98 Å². The van der Waals surface area contributed by atoms with E-state index in [1.165, 1.54) is 12.3 Å². The Hall–Kier alpha value is -1.82. The van der Waals surface area contributed by atoms with Crippen molar-refractivity contribution >= 4 is 17.5 Å². The number of nitrogens with zero attached hydrogens (tertiary/aromatic N) is 2. The Balaban J connectivity index is 3.09. The fourth-order valence-electron chi connectivity index (χ4n) is 1.79. The Morgan fingerprint density at radius 2 is 2.21 bits per heavy atom. The number of carbonyl (C=O) groups excluding carboxylic acids is 1. The number of nitrogen functional groups attached to an aromatic ring is 1. The minimum Gasteiger partial charge on any atom is -0.462 e. The molecule has 0 aliphatic rings. The number of hydrogen-bond donors (Lipinski definition) is 2. The molecule has 0 aliphatic carbocycles. The van der Waals surface area contributed by atoms with Crippen molar-refractivity contribution in [2.45, 2.75) is 26.4 Å². The van der Waals surface area contributed by atoms with Gasteiger partial charge in [0.1, 0.15) is 11.4 Å². The normalized spacial score (nSPS) is 11.2. The summed E-state index contributed by atoms with van der Waals surface area (Å²) in [5.41, 5.74) is 5.44. The van der Waals surface area contributed by atoms with Crippen molar-refractivity contribution in [2.75, 3.05) is 30.8 Å². The van der Waals surface area contributed by atoms with Crippen molar-refractivity contribution in [1.29, 1.82) is 0 Å². The minimum atomic E-state index is -0.899. The highest BCUT2D eigenvalue weighted by Gasteiger charge is 2.22. The zero-order valence-electron chi connectivity index (χ0n) is 11.8. The van der Waals surface area contributed by atoms with Gasteiger partial charge in [-0.15, -0.1) is 0 Å². The molecule has 0 unspecified atom stereocenters. The summed E-state index contributed by atoms with van der Waals surface area (Å²) in [4.78, 5) is 17.7. The largest absolute Gasteiger partial charge is 0.462 e. The van der Waals surface area contributed by atoms with Gasteiger partial charge in [-0.25, -0.2) is 9.78 Å². The summed E-state index contributed by atoms with van der Waals surface area (Å²) >= 11 is 0. The average molecular weight is 267 g/mol. The number of esters is 1. The number of anilines is 2. The molecule has 1 rings (SSSR count). The monoisotopic (exact) mass is 267 g/mol. The van der Waals surface area contributed by atoms with E-state index in [1.807, 2.05) is 0 Å². The highest BCUT2D eigenvalue weighted by atomic mass is 16.5. The van der Waals surface area contributed by atoms with Gasteiger partial charge in [0.05, 0.1) is 24.1 Å². The Morgan fingerprint density at radius 3 is 2.74 bits per heavy atom. The Bertz CT molecular complexity index is 455. The van der Waals surface area contributed by atoms with Gasteiger partial charge in [0, 0.05) is 13.6 Å². The van der Waals surface area contributed by atoms with E-state index >= 15 is 0 Å². The molecule has 1 aromatic heterocycles. The first-order valence-electron chi connectivity index (χ1n) is 6.10. The summed E-state index contributed by atoms with van der Waals surface area (Å²) < 4.78 is 4.98. The van der Waals surface area contributed by atoms with Crippen LogP contribution in [-0.2, 0) is 4.74 Å². The quantitative estimate of drug-likeness (QED) is 0.775. The third-order valence-corrected chi connectivity index (χ3v) is 2.37. The summed E-state index contributed by atoms with van der Waals surface area (Å²) in [5.74, 6) is -0.0327. The number of pyridine rings is 1. The van der Waals surface area contributed by atoms with Crippen molar-refractivity contribution in [3.05, 3.63) is 17.8 Å².